The van der Waals surface area contributed by atoms with E-state index in [9.17, 15) is 14.3 Å². The van der Waals surface area contributed by atoms with Crippen LogP contribution in [0.2, 0.25) is 5.02 Å². The molecule has 1 heterocycles. The SMILES string of the molecule is COC(=O)C(O)c1c(F)c(Cl)cc2c1OCCCO2. The zero-order valence-corrected chi connectivity index (χ0v) is 10.9. The van der Waals surface area contributed by atoms with Crippen molar-refractivity contribution in [3.05, 3.63) is 22.5 Å². The monoisotopic (exact) mass is 290 g/mol. The molecular weight excluding hydrogens is 279 g/mol. The van der Waals surface area contributed by atoms with Gasteiger partial charge in [0.15, 0.2) is 23.4 Å². The Balaban J connectivity index is 2.57. The number of fused-ring (bicyclic) bond motifs is 1. The summed E-state index contributed by atoms with van der Waals surface area (Å²) >= 11 is 5.72. The van der Waals surface area contributed by atoms with E-state index < -0.39 is 17.9 Å². The van der Waals surface area contributed by atoms with Gasteiger partial charge in [-0.15, -0.1) is 0 Å². The topological polar surface area (TPSA) is 65.0 Å². The van der Waals surface area contributed by atoms with Gasteiger partial charge in [0.25, 0.3) is 0 Å². The average molecular weight is 291 g/mol. The fourth-order valence-electron chi connectivity index (χ4n) is 1.75. The summed E-state index contributed by atoms with van der Waals surface area (Å²) in [6.45, 7) is 0.664. The van der Waals surface area contributed by atoms with E-state index >= 15 is 0 Å². The van der Waals surface area contributed by atoms with Crippen molar-refractivity contribution >= 4 is 17.6 Å². The molecule has 0 spiro atoms. The summed E-state index contributed by atoms with van der Waals surface area (Å²) in [5.41, 5.74) is -0.365. The molecule has 0 amide bonds. The van der Waals surface area contributed by atoms with Crippen molar-refractivity contribution < 1.29 is 28.5 Å². The second-order valence-corrected chi connectivity index (χ2v) is 4.30. The Hall–Kier alpha value is -1.53. The molecule has 0 fully saturated rings. The summed E-state index contributed by atoms with van der Waals surface area (Å²) < 4.78 is 29.1. The molecule has 0 aromatic heterocycles. The number of ether oxygens (including phenoxy) is 3. The molecule has 2 rings (SSSR count). The van der Waals surface area contributed by atoms with Gasteiger partial charge in [-0.1, -0.05) is 11.6 Å². The summed E-state index contributed by atoms with van der Waals surface area (Å²) in [5, 5.41) is 9.57. The van der Waals surface area contributed by atoms with Crippen LogP contribution in [0.25, 0.3) is 0 Å². The highest BCUT2D eigenvalue weighted by Crippen LogP contribution is 2.42. The zero-order chi connectivity index (χ0) is 14.0. The fraction of sp³-hybridized carbons (Fsp3) is 0.417. The summed E-state index contributed by atoms with van der Waals surface area (Å²) in [6.07, 6.45) is -1.22. The molecule has 5 nitrogen and oxygen atoms in total. The number of esters is 1. The first-order chi connectivity index (χ1) is 9.06. The minimum absolute atomic E-state index is 0.0164. The Kier molecular flexibility index (Phi) is 4.11. The molecule has 0 saturated carbocycles. The first-order valence-electron chi connectivity index (χ1n) is 5.59. The highest BCUT2D eigenvalue weighted by atomic mass is 35.5. The van der Waals surface area contributed by atoms with E-state index in [-0.39, 0.29) is 28.7 Å². The lowest BCUT2D eigenvalue weighted by Crippen LogP contribution is -2.16. The summed E-state index contributed by atoms with van der Waals surface area (Å²) in [6, 6.07) is 1.26. The van der Waals surface area contributed by atoms with E-state index in [0.29, 0.717) is 13.0 Å². The van der Waals surface area contributed by atoms with Crippen LogP contribution in [0.15, 0.2) is 6.07 Å². The van der Waals surface area contributed by atoms with Crippen LogP contribution < -0.4 is 9.47 Å². The van der Waals surface area contributed by atoms with Crippen molar-refractivity contribution in [2.24, 2.45) is 0 Å². The summed E-state index contributed by atoms with van der Waals surface area (Å²) in [5.74, 6) is -1.75. The van der Waals surface area contributed by atoms with Crippen molar-refractivity contribution in [2.75, 3.05) is 20.3 Å². The molecule has 0 bridgehead atoms. The standard InChI is InChI=1S/C12H12ClFO5/c1-17-12(16)10(15)8-9(14)6(13)5-7-11(8)19-4-2-3-18-7/h5,10,15H,2-4H2,1H3. The molecule has 7 heteroatoms. The quantitative estimate of drug-likeness (QED) is 0.842. The third-order valence-corrected chi connectivity index (χ3v) is 2.94. The molecule has 1 aliphatic rings. The van der Waals surface area contributed by atoms with Crippen molar-refractivity contribution in [1.82, 2.24) is 0 Å². The van der Waals surface area contributed by atoms with E-state index in [4.69, 9.17) is 21.1 Å². The lowest BCUT2D eigenvalue weighted by Gasteiger charge is -2.17. The predicted molar refractivity (Wildman–Crippen MR) is 64.0 cm³/mol. The smallest absolute Gasteiger partial charge is 0.339 e. The lowest BCUT2D eigenvalue weighted by atomic mass is 10.1. The Morgan fingerprint density at radius 2 is 2.21 bits per heavy atom. The van der Waals surface area contributed by atoms with Gasteiger partial charge in [0.2, 0.25) is 0 Å². The van der Waals surface area contributed by atoms with Crippen LogP contribution in [0.3, 0.4) is 0 Å². The maximum atomic E-state index is 14.0. The first-order valence-corrected chi connectivity index (χ1v) is 5.97. The van der Waals surface area contributed by atoms with Gasteiger partial charge in [0, 0.05) is 12.5 Å². The number of carbonyl (C=O) groups is 1. The molecule has 1 N–H and O–H groups in total. The van der Waals surface area contributed by atoms with Gasteiger partial charge in [0.1, 0.15) is 0 Å². The van der Waals surface area contributed by atoms with E-state index in [1.54, 1.807) is 0 Å². The summed E-state index contributed by atoms with van der Waals surface area (Å²) in [7, 11) is 1.09. The fourth-order valence-corrected chi connectivity index (χ4v) is 1.95. The number of benzene rings is 1. The molecule has 1 atom stereocenters. The highest BCUT2D eigenvalue weighted by molar-refractivity contribution is 6.31. The second-order valence-electron chi connectivity index (χ2n) is 3.89. The number of halogens is 2. The molecule has 104 valence electrons. The zero-order valence-electron chi connectivity index (χ0n) is 10.1. The Bertz CT molecular complexity index is 505. The predicted octanol–water partition coefficient (Wildman–Crippen LogP) is 1.85. The molecular formula is C12H12ClFO5. The maximum absolute atomic E-state index is 14.0. The Labute approximate surface area is 113 Å². The molecule has 0 saturated heterocycles. The van der Waals surface area contributed by atoms with Crippen LogP contribution in [0.1, 0.15) is 18.1 Å². The second kappa shape index (κ2) is 5.63. The normalized spacial score (nSPS) is 15.6. The minimum atomic E-state index is -1.82. The average Bonchev–Trinajstić information content (AvgIpc) is 2.63. The lowest BCUT2D eigenvalue weighted by molar-refractivity contribution is -0.151. The van der Waals surface area contributed by atoms with Crippen LogP contribution in [0.5, 0.6) is 11.5 Å². The molecule has 0 aliphatic carbocycles. The molecule has 1 aliphatic heterocycles. The van der Waals surface area contributed by atoms with Crippen LogP contribution in [-0.2, 0) is 9.53 Å². The third-order valence-electron chi connectivity index (χ3n) is 2.66. The van der Waals surface area contributed by atoms with E-state index in [1.165, 1.54) is 6.07 Å². The van der Waals surface area contributed by atoms with Gasteiger partial charge in [0.05, 0.1) is 30.9 Å². The van der Waals surface area contributed by atoms with Crippen molar-refractivity contribution in [3.8, 4) is 11.5 Å². The Morgan fingerprint density at radius 3 is 2.89 bits per heavy atom. The van der Waals surface area contributed by atoms with E-state index in [1.807, 2.05) is 0 Å². The van der Waals surface area contributed by atoms with Gasteiger partial charge in [-0.2, -0.15) is 0 Å². The Morgan fingerprint density at radius 1 is 1.53 bits per heavy atom. The number of aliphatic hydroxyl groups excluding tert-OH is 1. The number of aliphatic hydroxyl groups is 1. The number of carbonyl (C=O) groups excluding carboxylic acids is 1. The number of hydrogen-bond acceptors (Lipinski definition) is 5. The van der Waals surface area contributed by atoms with E-state index in [0.717, 1.165) is 7.11 Å². The molecule has 1 aromatic carbocycles. The van der Waals surface area contributed by atoms with Crippen LogP contribution in [0, 0.1) is 5.82 Å². The number of rotatable bonds is 2. The van der Waals surface area contributed by atoms with Gasteiger partial charge < -0.3 is 19.3 Å². The highest BCUT2D eigenvalue weighted by Gasteiger charge is 2.31. The summed E-state index contributed by atoms with van der Waals surface area (Å²) in [4.78, 5) is 11.4. The van der Waals surface area contributed by atoms with Gasteiger partial charge in [-0.3, -0.25) is 0 Å². The van der Waals surface area contributed by atoms with E-state index in [2.05, 4.69) is 4.74 Å². The van der Waals surface area contributed by atoms with Crippen LogP contribution in [-0.4, -0.2) is 31.4 Å². The van der Waals surface area contributed by atoms with Gasteiger partial charge in [-0.25, -0.2) is 9.18 Å². The molecule has 1 aromatic rings. The maximum Gasteiger partial charge on any atom is 0.339 e. The largest absolute Gasteiger partial charge is 0.489 e. The molecule has 1 unspecified atom stereocenters. The molecule has 0 radical (unpaired) electrons. The minimum Gasteiger partial charge on any atom is -0.489 e. The van der Waals surface area contributed by atoms with Gasteiger partial charge in [-0.05, 0) is 0 Å². The first kappa shape index (κ1) is 13.9. The van der Waals surface area contributed by atoms with Crippen molar-refractivity contribution in [2.45, 2.75) is 12.5 Å². The van der Waals surface area contributed by atoms with Crippen LogP contribution in [0.4, 0.5) is 4.39 Å². The molecule has 19 heavy (non-hydrogen) atoms. The number of hydrogen-bond donors (Lipinski definition) is 1. The van der Waals surface area contributed by atoms with Gasteiger partial charge >= 0.3 is 5.97 Å². The van der Waals surface area contributed by atoms with Crippen molar-refractivity contribution in [3.63, 3.8) is 0 Å². The van der Waals surface area contributed by atoms with Crippen molar-refractivity contribution in [1.29, 1.82) is 0 Å². The number of methoxy groups -OCH3 is 1. The third kappa shape index (κ3) is 2.59. The van der Waals surface area contributed by atoms with Crippen LogP contribution >= 0.6 is 11.6 Å².